The predicted octanol–water partition coefficient (Wildman–Crippen LogP) is 3.99. The van der Waals surface area contributed by atoms with Crippen molar-refractivity contribution in [2.75, 3.05) is 6.61 Å². The maximum atomic E-state index is 6.41. The van der Waals surface area contributed by atoms with Gasteiger partial charge in [0.25, 0.3) is 0 Å². The molecule has 2 nitrogen and oxygen atoms in total. The minimum absolute atomic E-state index is 0.221. The van der Waals surface area contributed by atoms with Gasteiger partial charge < -0.3 is 10.5 Å². The molecule has 1 fully saturated rings. The van der Waals surface area contributed by atoms with Crippen molar-refractivity contribution in [2.45, 2.75) is 63.5 Å². The van der Waals surface area contributed by atoms with E-state index < -0.39 is 0 Å². The van der Waals surface area contributed by atoms with Crippen LogP contribution < -0.4 is 5.73 Å². The van der Waals surface area contributed by atoms with Gasteiger partial charge in [-0.3, -0.25) is 0 Å². The molecule has 2 heteroatoms. The van der Waals surface area contributed by atoms with E-state index in [2.05, 4.69) is 24.3 Å². The van der Waals surface area contributed by atoms with Gasteiger partial charge in [-0.05, 0) is 36.3 Å². The van der Waals surface area contributed by atoms with E-state index in [4.69, 9.17) is 10.5 Å². The summed E-state index contributed by atoms with van der Waals surface area (Å²) >= 11 is 0. The second kappa shape index (κ2) is 6.73. The second-order valence-corrected chi connectivity index (χ2v) is 6.54. The Balaban J connectivity index is 1.57. The monoisotopic (exact) mass is 273 g/mol. The highest BCUT2D eigenvalue weighted by Crippen LogP contribution is 2.33. The molecule has 0 aromatic heterocycles. The van der Waals surface area contributed by atoms with Crippen molar-refractivity contribution in [3.63, 3.8) is 0 Å². The average molecular weight is 273 g/mol. The SMILES string of the molecule is NC(CC1CCCCC1)CC1OCCc2ccccc21. The minimum Gasteiger partial charge on any atom is -0.373 e. The first-order chi connectivity index (χ1) is 9.83. The lowest BCUT2D eigenvalue weighted by Crippen LogP contribution is -2.29. The topological polar surface area (TPSA) is 35.2 Å². The van der Waals surface area contributed by atoms with Crippen molar-refractivity contribution in [1.29, 1.82) is 0 Å². The van der Waals surface area contributed by atoms with Crippen molar-refractivity contribution in [1.82, 2.24) is 0 Å². The zero-order valence-electron chi connectivity index (χ0n) is 12.4. The molecule has 0 amide bonds. The Bertz CT molecular complexity index is 425. The zero-order chi connectivity index (χ0) is 13.8. The molecule has 1 aliphatic carbocycles. The summed E-state index contributed by atoms with van der Waals surface area (Å²) in [5, 5.41) is 0. The van der Waals surface area contributed by atoms with Gasteiger partial charge in [-0.25, -0.2) is 0 Å². The largest absolute Gasteiger partial charge is 0.373 e. The maximum Gasteiger partial charge on any atom is 0.0842 e. The number of benzene rings is 1. The molecule has 0 spiro atoms. The van der Waals surface area contributed by atoms with Crippen LogP contribution in [0.5, 0.6) is 0 Å². The quantitative estimate of drug-likeness (QED) is 0.900. The van der Waals surface area contributed by atoms with Crippen LogP contribution in [0.2, 0.25) is 0 Å². The molecule has 0 radical (unpaired) electrons. The third-order valence-corrected chi connectivity index (χ3v) is 4.97. The highest BCUT2D eigenvalue weighted by molar-refractivity contribution is 5.30. The molecule has 20 heavy (non-hydrogen) atoms. The fourth-order valence-electron chi connectivity index (χ4n) is 3.89. The van der Waals surface area contributed by atoms with Crippen LogP contribution >= 0.6 is 0 Å². The molecule has 2 atom stereocenters. The highest BCUT2D eigenvalue weighted by Gasteiger charge is 2.24. The third kappa shape index (κ3) is 3.42. The molecule has 0 saturated heterocycles. The van der Waals surface area contributed by atoms with Crippen molar-refractivity contribution < 1.29 is 4.74 Å². The smallest absolute Gasteiger partial charge is 0.0842 e. The summed E-state index contributed by atoms with van der Waals surface area (Å²) in [7, 11) is 0. The highest BCUT2D eigenvalue weighted by atomic mass is 16.5. The lowest BCUT2D eigenvalue weighted by atomic mass is 9.83. The first kappa shape index (κ1) is 14.1. The summed E-state index contributed by atoms with van der Waals surface area (Å²) < 4.78 is 5.98. The summed E-state index contributed by atoms with van der Waals surface area (Å²) in [6, 6.07) is 8.98. The van der Waals surface area contributed by atoms with E-state index in [0.29, 0.717) is 0 Å². The van der Waals surface area contributed by atoms with Gasteiger partial charge in [-0.15, -0.1) is 0 Å². The average Bonchev–Trinajstić information content (AvgIpc) is 2.48. The number of rotatable bonds is 4. The van der Waals surface area contributed by atoms with Gasteiger partial charge in [-0.2, -0.15) is 0 Å². The number of hydrogen-bond donors (Lipinski definition) is 1. The van der Waals surface area contributed by atoms with Crippen LogP contribution in [0.1, 0.15) is 62.2 Å². The molecule has 1 saturated carbocycles. The van der Waals surface area contributed by atoms with Crippen molar-refractivity contribution in [3.05, 3.63) is 35.4 Å². The van der Waals surface area contributed by atoms with E-state index in [1.165, 1.54) is 49.7 Å². The summed E-state index contributed by atoms with van der Waals surface area (Å²) in [5.41, 5.74) is 9.24. The Morgan fingerprint density at radius 1 is 1.10 bits per heavy atom. The molecular formula is C18H27NO. The molecule has 1 aromatic carbocycles. The number of fused-ring (bicyclic) bond motifs is 1. The van der Waals surface area contributed by atoms with E-state index >= 15 is 0 Å². The van der Waals surface area contributed by atoms with E-state index in [-0.39, 0.29) is 12.1 Å². The molecule has 1 aromatic rings. The van der Waals surface area contributed by atoms with Gasteiger partial charge in [0.05, 0.1) is 12.7 Å². The Morgan fingerprint density at radius 2 is 1.90 bits per heavy atom. The summed E-state index contributed by atoms with van der Waals surface area (Å²) in [6.45, 7) is 0.845. The van der Waals surface area contributed by atoms with Crippen LogP contribution in [0.3, 0.4) is 0 Å². The fourth-order valence-corrected chi connectivity index (χ4v) is 3.89. The van der Waals surface area contributed by atoms with E-state index in [1.807, 2.05) is 0 Å². The molecule has 3 rings (SSSR count). The Morgan fingerprint density at radius 3 is 2.75 bits per heavy atom. The molecule has 0 bridgehead atoms. The molecule has 110 valence electrons. The molecular weight excluding hydrogens is 246 g/mol. The fraction of sp³-hybridized carbons (Fsp3) is 0.667. The van der Waals surface area contributed by atoms with Crippen LogP contribution in [0, 0.1) is 5.92 Å². The van der Waals surface area contributed by atoms with Crippen molar-refractivity contribution in [3.8, 4) is 0 Å². The van der Waals surface area contributed by atoms with E-state index in [9.17, 15) is 0 Å². The lowest BCUT2D eigenvalue weighted by molar-refractivity contribution is 0.0301. The minimum atomic E-state index is 0.221. The zero-order valence-corrected chi connectivity index (χ0v) is 12.4. The Labute approximate surface area is 122 Å². The standard InChI is InChI=1S/C18H27NO/c19-16(12-14-6-2-1-3-7-14)13-18-17-9-5-4-8-15(17)10-11-20-18/h4-5,8-9,14,16,18H,1-3,6-7,10-13,19H2. The van der Waals surface area contributed by atoms with Gasteiger partial charge in [-0.1, -0.05) is 56.4 Å². The van der Waals surface area contributed by atoms with Gasteiger partial charge in [0.2, 0.25) is 0 Å². The molecule has 1 aliphatic heterocycles. The Kier molecular flexibility index (Phi) is 4.74. The van der Waals surface area contributed by atoms with E-state index in [0.717, 1.165) is 25.4 Å². The Hall–Kier alpha value is -0.860. The van der Waals surface area contributed by atoms with Crippen LogP contribution in [0.25, 0.3) is 0 Å². The normalized spacial score (nSPS) is 25.1. The van der Waals surface area contributed by atoms with Crippen LogP contribution in [-0.4, -0.2) is 12.6 Å². The number of hydrogen-bond acceptors (Lipinski definition) is 2. The molecule has 2 N–H and O–H groups in total. The molecule has 2 aliphatic rings. The maximum absolute atomic E-state index is 6.41. The van der Waals surface area contributed by atoms with Crippen LogP contribution in [0.4, 0.5) is 0 Å². The first-order valence-corrected chi connectivity index (χ1v) is 8.28. The summed E-state index contributed by atoms with van der Waals surface area (Å²) in [5.74, 6) is 0.859. The first-order valence-electron chi connectivity index (χ1n) is 8.28. The summed E-state index contributed by atoms with van der Waals surface area (Å²) in [6.07, 6.45) is 10.4. The summed E-state index contributed by atoms with van der Waals surface area (Å²) in [4.78, 5) is 0. The van der Waals surface area contributed by atoms with Crippen molar-refractivity contribution in [2.24, 2.45) is 11.7 Å². The predicted molar refractivity (Wildman–Crippen MR) is 82.6 cm³/mol. The molecule has 1 heterocycles. The second-order valence-electron chi connectivity index (χ2n) is 6.54. The van der Waals surface area contributed by atoms with Crippen LogP contribution in [0.15, 0.2) is 24.3 Å². The lowest BCUT2D eigenvalue weighted by Gasteiger charge is -2.30. The van der Waals surface area contributed by atoms with E-state index in [1.54, 1.807) is 0 Å². The third-order valence-electron chi connectivity index (χ3n) is 4.97. The molecule has 2 unspecified atom stereocenters. The van der Waals surface area contributed by atoms with Gasteiger partial charge in [0, 0.05) is 6.04 Å². The van der Waals surface area contributed by atoms with Gasteiger partial charge >= 0.3 is 0 Å². The number of ether oxygens (including phenoxy) is 1. The van der Waals surface area contributed by atoms with Gasteiger partial charge in [0.15, 0.2) is 0 Å². The van der Waals surface area contributed by atoms with Crippen LogP contribution in [-0.2, 0) is 11.2 Å². The van der Waals surface area contributed by atoms with Gasteiger partial charge in [0.1, 0.15) is 0 Å². The number of nitrogens with two attached hydrogens (primary N) is 1. The van der Waals surface area contributed by atoms with Crippen molar-refractivity contribution >= 4 is 0 Å².